The van der Waals surface area contributed by atoms with E-state index in [-0.39, 0.29) is 11.8 Å². The number of carbonyl (C=O) groups is 1. The number of rotatable bonds is 4. The highest BCUT2D eigenvalue weighted by molar-refractivity contribution is 5.93. The molecule has 1 heterocycles. The fourth-order valence-corrected chi connectivity index (χ4v) is 2.13. The van der Waals surface area contributed by atoms with Crippen LogP contribution in [0.25, 0.3) is 5.69 Å². The van der Waals surface area contributed by atoms with Crippen molar-refractivity contribution in [1.29, 1.82) is 0 Å². The van der Waals surface area contributed by atoms with E-state index in [1.54, 1.807) is 19.2 Å². The molecule has 0 saturated heterocycles. The van der Waals surface area contributed by atoms with Crippen molar-refractivity contribution >= 4 is 11.6 Å². The van der Waals surface area contributed by atoms with E-state index in [0.717, 1.165) is 19.3 Å². The first-order valence-corrected chi connectivity index (χ1v) is 6.50. The zero-order valence-electron chi connectivity index (χ0n) is 11.1. The van der Waals surface area contributed by atoms with E-state index in [2.05, 4.69) is 20.8 Å². The highest BCUT2D eigenvalue weighted by Gasteiger charge is 2.25. The summed E-state index contributed by atoms with van der Waals surface area (Å²) in [5, 5.41) is 14.0. The SMILES string of the molecule is COc1ccc(NC(=O)C2CCC2)cc1-n1cnnn1. The van der Waals surface area contributed by atoms with Crippen LogP contribution in [0.3, 0.4) is 0 Å². The number of anilines is 1. The van der Waals surface area contributed by atoms with Crippen LogP contribution in [0.4, 0.5) is 5.69 Å². The van der Waals surface area contributed by atoms with Crippen LogP contribution in [0, 0.1) is 5.92 Å². The van der Waals surface area contributed by atoms with Crippen molar-refractivity contribution in [2.45, 2.75) is 19.3 Å². The highest BCUT2D eigenvalue weighted by atomic mass is 16.5. The number of amides is 1. The molecule has 1 aliphatic carbocycles. The fourth-order valence-electron chi connectivity index (χ4n) is 2.13. The minimum atomic E-state index is 0.0732. The molecule has 0 spiro atoms. The second kappa shape index (κ2) is 5.28. The first kappa shape index (κ1) is 12.6. The molecule has 7 nitrogen and oxygen atoms in total. The monoisotopic (exact) mass is 273 g/mol. The summed E-state index contributed by atoms with van der Waals surface area (Å²) in [7, 11) is 1.58. The number of tetrazole rings is 1. The number of methoxy groups -OCH3 is 1. The Bertz CT molecular complexity index is 607. The Hall–Kier alpha value is -2.44. The average molecular weight is 273 g/mol. The van der Waals surface area contributed by atoms with Gasteiger partial charge in [0.05, 0.1) is 7.11 Å². The Balaban J connectivity index is 1.85. The van der Waals surface area contributed by atoms with Crippen LogP contribution in [0.1, 0.15) is 19.3 Å². The molecule has 0 unspecified atom stereocenters. The van der Waals surface area contributed by atoms with E-state index >= 15 is 0 Å². The molecule has 0 bridgehead atoms. The van der Waals surface area contributed by atoms with Crippen molar-refractivity contribution < 1.29 is 9.53 Å². The largest absolute Gasteiger partial charge is 0.494 e. The van der Waals surface area contributed by atoms with Gasteiger partial charge < -0.3 is 10.1 Å². The molecule has 1 N–H and O–H groups in total. The van der Waals surface area contributed by atoms with Crippen LogP contribution >= 0.6 is 0 Å². The molecule has 1 fully saturated rings. The third-order valence-electron chi connectivity index (χ3n) is 3.52. The number of nitrogens with zero attached hydrogens (tertiary/aromatic N) is 4. The number of ether oxygens (including phenoxy) is 1. The maximum Gasteiger partial charge on any atom is 0.227 e. The van der Waals surface area contributed by atoms with Gasteiger partial charge in [-0.15, -0.1) is 5.10 Å². The minimum Gasteiger partial charge on any atom is -0.494 e. The van der Waals surface area contributed by atoms with Gasteiger partial charge in [0.2, 0.25) is 5.91 Å². The average Bonchev–Trinajstić information content (AvgIpc) is 2.90. The number of carbonyl (C=O) groups excluding carboxylic acids is 1. The Morgan fingerprint density at radius 3 is 2.90 bits per heavy atom. The lowest BCUT2D eigenvalue weighted by Gasteiger charge is -2.24. The highest BCUT2D eigenvalue weighted by Crippen LogP contribution is 2.29. The molecule has 1 saturated carbocycles. The van der Waals surface area contributed by atoms with Crippen molar-refractivity contribution in [1.82, 2.24) is 20.2 Å². The molecule has 1 amide bonds. The third kappa shape index (κ3) is 2.34. The van der Waals surface area contributed by atoms with Gasteiger partial charge in [-0.25, -0.2) is 0 Å². The molecule has 104 valence electrons. The normalized spacial score (nSPS) is 14.7. The quantitative estimate of drug-likeness (QED) is 0.910. The van der Waals surface area contributed by atoms with Crippen LogP contribution in [0.5, 0.6) is 5.75 Å². The lowest BCUT2D eigenvalue weighted by Crippen LogP contribution is -2.28. The zero-order valence-corrected chi connectivity index (χ0v) is 11.1. The standard InChI is InChI=1S/C13H15N5O2/c1-20-12-6-5-10(15-13(19)9-3-2-4-9)7-11(12)18-8-14-16-17-18/h5-9H,2-4H2,1H3,(H,15,19). The molecule has 1 aromatic carbocycles. The zero-order chi connectivity index (χ0) is 13.9. The molecular weight excluding hydrogens is 258 g/mol. The molecular formula is C13H15N5O2. The van der Waals surface area contributed by atoms with Gasteiger partial charge in [0.25, 0.3) is 0 Å². The van der Waals surface area contributed by atoms with Gasteiger partial charge in [0, 0.05) is 11.6 Å². The Morgan fingerprint density at radius 2 is 2.30 bits per heavy atom. The Kier molecular flexibility index (Phi) is 3.32. The molecule has 2 aromatic rings. The number of aromatic nitrogens is 4. The van der Waals surface area contributed by atoms with Gasteiger partial charge in [0.1, 0.15) is 17.8 Å². The van der Waals surface area contributed by atoms with Gasteiger partial charge >= 0.3 is 0 Å². The minimum absolute atomic E-state index is 0.0732. The first-order valence-electron chi connectivity index (χ1n) is 6.50. The maximum atomic E-state index is 12.0. The molecule has 0 aliphatic heterocycles. The summed E-state index contributed by atoms with van der Waals surface area (Å²) in [6.07, 6.45) is 4.57. The van der Waals surface area contributed by atoms with Crippen molar-refractivity contribution in [3.05, 3.63) is 24.5 Å². The lowest BCUT2D eigenvalue weighted by atomic mass is 9.85. The molecule has 1 aromatic heterocycles. The summed E-state index contributed by atoms with van der Waals surface area (Å²) in [5.41, 5.74) is 1.40. The van der Waals surface area contributed by atoms with Crippen LogP contribution in [0.15, 0.2) is 24.5 Å². The maximum absolute atomic E-state index is 12.0. The van der Waals surface area contributed by atoms with Gasteiger partial charge in [-0.2, -0.15) is 4.68 Å². The first-order chi connectivity index (χ1) is 9.78. The molecule has 0 radical (unpaired) electrons. The van der Waals surface area contributed by atoms with Crippen LogP contribution < -0.4 is 10.1 Å². The van der Waals surface area contributed by atoms with E-state index in [4.69, 9.17) is 4.74 Å². The Morgan fingerprint density at radius 1 is 1.45 bits per heavy atom. The second-order valence-electron chi connectivity index (χ2n) is 4.76. The summed E-state index contributed by atoms with van der Waals surface area (Å²) in [5.74, 6) is 0.858. The molecule has 3 rings (SSSR count). The molecule has 0 atom stereocenters. The fraction of sp³-hybridized carbons (Fsp3) is 0.385. The van der Waals surface area contributed by atoms with E-state index in [0.29, 0.717) is 17.1 Å². The van der Waals surface area contributed by atoms with Crippen LogP contribution in [0.2, 0.25) is 0 Å². The van der Waals surface area contributed by atoms with Gasteiger partial charge in [-0.05, 0) is 41.5 Å². The van der Waals surface area contributed by atoms with Gasteiger partial charge in [0.15, 0.2) is 0 Å². The molecule has 1 aliphatic rings. The Labute approximate surface area is 115 Å². The molecule has 20 heavy (non-hydrogen) atoms. The van der Waals surface area contributed by atoms with E-state index in [1.165, 1.54) is 11.0 Å². The van der Waals surface area contributed by atoms with E-state index in [1.807, 2.05) is 6.07 Å². The predicted octanol–water partition coefficient (Wildman–Crippen LogP) is 1.41. The van der Waals surface area contributed by atoms with Gasteiger partial charge in [-0.1, -0.05) is 6.42 Å². The van der Waals surface area contributed by atoms with Crippen LogP contribution in [-0.2, 0) is 4.79 Å². The summed E-state index contributed by atoms with van der Waals surface area (Å²) >= 11 is 0. The number of benzene rings is 1. The lowest BCUT2D eigenvalue weighted by molar-refractivity contribution is -0.122. The molecule has 7 heteroatoms. The van der Waals surface area contributed by atoms with Gasteiger partial charge in [-0.3, -0.25) is 4.79 Å². The summed E-state index contributed by atoms with van der Waals surface area (Å²) in [6.45, 7) is 0. The number of hydrogen-bond donors (Lipinski definition) is 1. The van der Waals surface area contributed by atoms with Crippen molar-refractivity contribution in [3.8, 4) is 11.4 Å². The summed E-state index contributed by atoms with van der Waals surface area (Å²) in [6, 6.07) is 5.39. The third-order valence-corrected chi connectivity index (χ3v) is 3.52. The number of nitrogens with one attached hydrogen (secondary N) is 1. The van der Waals surface area contributed by atoms with E-state index in [9.17, 15) is 4.79 Å². The number of hydrogen-bond acceptors (Lipinski definition) is 5. The summed E-state index contributed by atoms with van der Waals surface area (Å²) in [4.78, 5) is 12.0. The summed E-state index contributed by atoms with van der Waals surface area (Å²) < 4.78 is 6.78. The van der Waals surface area contributed by atoms with E-state index < -0.39 is 0 Å². The van der Waals surface area contributed by atoms with Crippen molar-refractivity contribution in [2.24, 2.45) is 5.92 Å². The topological polar surface area (TPSA) is 81.9 Å². The van der Waals surface area contributed by atoms with Crippen molar-refractivity contribution in [2.75, 3.05) is 12.4 Å². The smallest absolute Gasteiger partial charge is 0.227 e. The van der Waals surface area contributed by atoms with Crippen LogP contribution in [-0.4, -0.2) is 33.2 Å². The predicted molar refractivity (Wildman–Crippen MR) is 71.7 cm³/mol. The second-order valence-corrected chi connectivity index (χ2v) is 4.76. The van der Waals surface area contributed by atoms with Crippen molar-refractivity contribution in [3.63, 3.8) is 0 Å².